The molecule has 3 N–H and O–H groups in total. The summed E-state index contributed by atoms with van der Waals surface area (Å²) in [6, 6.07) is 26.0. The molecule has 3 aromatic carbocycles. The molecule has 0 saturated heterocycles. The molecule has 30 heavy (non-hydrogen) atoms. The quantitative estimate of drug-likeness (QED) is 0.293. The highest BCUT2D eigenvalue weighted by molar-refractivity contribution is 5.91. The summed E-state index contributed by atoms with van der Waals surface area (Å²) < 4.78 is 0. The molecule has 0 unspecified atom stereocenters. The maximum absolute atomic E-state index is 3.80. The molecule has 6 aromatic rings. The Morgan fingerprint density at radius 3 is 1.77 bits per heavy atom. The zero-order valence-corrected chi connectivity index (χ0v) is 16.4. The minimum absolute atomic E-state index is 0.349. The molecule has 7 rings (SSSR count). The van der Waals surface area contributed by atoms with Crippen LogP contribution in [0.15, 0.2) is 85.2 Å². The predicted octanol–water partition coefficient (Wildman–Crippen LogP) is 6.80. The summed E-state index contributed by atoms with van der Waals surface area (Å²) >= 11 is 0. The molecule has 0 aliphatic heterocycles. The number of aromatic nitrogens is 3. The lowest BCUT2D eigenvalue weighted by Gasteiger charge is -2.13. The number of H-pyrrole nitrogens is 3. The van der Waals surface area contributed by atoms with Gasteiger partial charge in [-0.3, -0.25) is 0 Å². The number of aromatic amines is 3. The molecule has 0 saturated carbocycles. The molecule has 3 heteroatoms. The van der Waals surface area contributed by atoms with Gasteiger partial charge >= 0.3 is 0 Å². The van der Waals surface area contributed by atoms with E-state index in [0.29, 0.717) is 11.8 Å². The number of rotatable bonds is 2. The minimum Gasteiger partial charge on any atom is -0.361 e. The molecule has 0 amide bonds. The lowest BCUT2D eigenvalue weighted by Crippen LogP contribution is -1.99. The Hall–Kier alpha value is -3.72. The van der Waals surface area contributed by atoms with E-state index in [9.17, 15) is 0 Å². The van der Waals surface area contributed by atoms with Crippen molar-refractivity contribution in [3.63, 3.8) is 0 Å². The van der Waals surface area contributed by atoms with Gasteiger partial charge in [0, 0.05) is 62.6 Å². The van der Waals surface area contributed by atoms with Crippen molar-refractivity contribution < 1.29 is 0 Å². The van der Waals surface area contributed by atoms with Crippen LogP contribution in [0.25, 0.3) is 32.7 Å². The van der Waals surface area contributed by atoms with Crippen LogP contribution >= 0.6 is 0 Å². The normalized spacial score (nSPS) is 18.5. The Bertz CT molecular complexity index is 1540. The van der Waals surface area contributed by atoms with Gasteiger partial charge in [0.2, 0.25) is 0 Å². The Kier molecular flexibility index (Phi) is 3.17. The van der Waals surface area contributed by atoms with E-state index in [1.165, 1.54) is 55.1 Å². The Labute approximate surface area is 173 Å². The molecule has 144 valence electrons. The summed E-state index contributed by atoms with van der Waals surface area (Å²) in [6.45, 7) is 0. The first kappa shape index (κ1) is 16.1. The molecule has 0 radical (unpaired) electrons. The van der Waals surface area contributed by atoms with Gasteiger partial charge < -0.3 is 15.0 Å². The maximum Gasteiger partial charge on any atom is 0.0459 e. The molecule has 1 aliphatic rings. The zero-order valence-electron chi connectivity index (χ0n) is 16.4. The highest BCUT2D eigenvalue weighted by Gasteiger charge is 2.38. The second-order valence-corrected chi connectivity index (χ2v) is 8.42. The second kappa shape index (κ2) is 5.90. The lowest BCUT2D eigenvalue weighted by molar-refractivity contribution is 0.715. The van der Waals surface area contributed by atoms with E-state index in [-0.39, 0.29) is 0 Å². The Morgan fingerprint density at radius 2 is 1.10 bits per heavy atom. The smallest absolute Gasteiger partial charge is 0.0459 e. The topological polar surface area (TPSA) is 47.4 Å². The van der Waals surface area contributed by atoms with Gasteiger partial charge in [0.15, 0.2) is 0 Å². The van der Waals surface area contributed by atoms with Crippen LogP contribution in [-0.4, -0.2) is 15.0 Å². The third kappa shape index (κ3) is 2.09. The fourth-order valence-corrected chi connectivity index (χ4v) is 5.64. The SMILES string of the molecule is c1ccc2c([C@@H]3C[C@@H](c4c[nH]c5ccccc45)c4c3[nH]c3ccccc43)c[nH]c2c1. The maximum atomic E-state index is 3.80. The third-order valence-electron chi connectivity index (χ3n) is 6.94. The number of hydrogen-bond acceptors (Lipinski definition) is 0. The fourth-order valence-electron chi connectivity index (χ4n) is 5.64. The average molecular weight is 387 g/mol. The summed E-state index contributed by atoms with van der Waals surface area (Å²) in [5, 5.41) is 4.01. The third-order valence-corrected chi connectivity index (χ3v) is 6.94. The van der Waals surface area contributed by atoms with Crippen molar-refractivity contribution in [2.45, 2.75) is 18.3 Å². The Balaban J connectivity index is 1.49. The monoisotopic (exact) mass is 387 g/mol. The molecule has 2 atom stereocenters. The summed E-state index contributed by atoms with van der Waals surface area (Å²) in [5.74, 6) is 0.716. The van der Waals surface area contributed by atoms with Crippen LogP contribution in [0.5, 0.6) is 0 Å². The molecule has 0 bridgehead atoms. The van der Waals surface area contributed by atoms with Gasteiger partial charge in [0.05, 0.1) is 0 Å². The van der Waals surface area contributed by atoms with Crippen molar-refractivity contribution >= 4 is 32.7 Å². The number of nitrogens with one attached hydrogen (secondary N) is 3. The van der Waals surface area contributed by atoms with E-state index >= 15 is 0 Å². The average Bonchev–Trinajstić information content (AvgIpc) is 3.55. The van der Waals surface area contributed by atoms with Crippen LogP contribution in [0, 0.1) is 0 Å². The van der Waals surface area contributed by atoms with Gasteiger partial charge in [-0.25, -0.2) is 0 Å². The number of benzene rings is 3. The van der Waals surface area contributed by atoms with Gasteiger partial charge in [0.1, 0.15) is 0 Å². The van der Waals surface area contributed by atoms with Gasteiger partial charge in [-0.05, 0) is 41.3 Å². The number of para-hydroxylation sites is 3. The van der Waals surface area contributed by atoms with Crippen LogP contribution < -0.4 is 0 Å². The van der Waals surface area contributed by atoms with E-state index in [0.717, 1.165) is 6.42 Å². The highest BCUT2D eigenvalue weighted by Crippen LogP contribution is 2.52. The van der Waals surface area contributed by atoms with E-state index < -0.39 is 0 Å². The van der Waals surface area contributed by atoms with Crippen LogP contribution in [0.1, 0.15) is 40.6 Å². The zero-order chi connectivity index (χ0) is 19.7. The van der Waals surface area contributed by atoms with Gasteiger partial charge in [-0.1, -0.05) is 54.6 Å². The molecule has 0 spiro atoms. The molecule has 3 heterocycles. The summed E-state index contributed by atoms with van der Waals surface area (Å²) in [5.41, 5.74) is 9.28. The second-order valence-electron chi connectivity index (χ2n) is 8.42. The standard InChI is InChI=1S/C27H21N3/c1-4-10-23-16(7-1)21(14-28-23)19-13-20(22-15-29-24-11-5-2-8-17(22)24)27-26(19)18-9-3-6-12-25(18)30-27/h1-12,14-15,19-20,28-30H,13H2/t19-,20-/m0/s1. The summed E-state index contributed by atoms with van der Waals surface area (Å²) in [4.78, 5) is 10.8. The van der Waals surface area contributed by atoms with Crippen molar-refractivity contribution in [3.8, 4) is 0 Å². The van der Waals surface area contributed by atoms with Crippen molar-refractivity contribution in [3.05, 3.63) is 108 Å². The van der Waals surface area contributed by atoms with Gasteiger partial charge in [-0.15, -0.1) is 0 Å². The Morgan fingerprint density at radius 1 is 0.567 bits per heavy atom. The molecule has 0 fully saturated rings. The van der Waals surface area contributed by atoms with E-state index in [4.69, 9.17) is 0 Å². The van der Waals surface area contributed by atoms with Crippen molar-refractivity contribution in [1.82, 2.24) is 15.0 Å². The first-order valence-corrected chi connectivity index (χ1v) is 10.6. The summed E-state index contributed by atoms with van der Waals surface area (Å²) in [6.07, 6.45) is 5.51. The first-order chi connectivity index (χ1) is 14.9. The molecule has 1 aliphatic carbocycles. The number of fused-ring (bicyclic) bond motifs is 5. The van der Waals surface area contributed by atoms with Gasteiger partial charge in [0.25, 0.3) is 0 Å². The summed E-state index contributed by atoms with van der Waals surface area (Å²) in [7, 11) is 0. The molecule has 3 aromatic heterocycles. The molecular formula is C27H21N3. The van der Waals surface area contributed by atoms with E-state index in [1.54, 1.807) is 0 Å². The van der Waals surface area contributed by atoms with E-state index in [2.05, 4.69) is 100 Å². The molecular weight excluding hydrogens is 366 g/mol. The van der Waals surface area contributed by atoms with E-state index in [1.807, 2.05) is 0 Å². The minimum atomic E-state index is 0.349. The van der Waals surface area contributed by atoms with Crippen molar-refractivity contribution in [1.29, 1.82) is 0 Å². The largest absolute Gasteiger partial charge is 0.361 e. The van der Waals surface area contributed by atoms with Crippen LogP contribution in [-0.2, 0) is 0 Å². The van der Waals surface area contributed by atoms with Crippen LogP contribution in [0.3, 0.4) is 0 Å². The van der Waals surface area contributed by atoms with Crippen LogP contribution in [0.4, 0.5) is 0 Å². The lowest BCUT2D eigenvalue weighted by atomic mass is 9.89. The van der Waals surface area contributed by atoms with Crippen LogP contribution in [0.2, 0.25) is 0 Å². The fraction of sp³-hybridized carbons (Fsp3) is 0.111. The van der Waals surface area contributed by atoms with Crippen molar-refractivity contribution in [2.75, 3.05) is 0 Å². The predicted molar refractivity (Wildman–Crippen MR) is 123 cm³/mol. The van der Waals surface area contributed by atoms with Gasteiger partial charge in [-0.2, -0.15) is 0 Å². The number of hydrogen-bond donors (Lipinski definition) is 3. The molecule has 3 nitrogen and oxygen atoms in total. The van der Waals surface area contributed by atoms with Crippen molar-refractivity contribution in [2.24, 2.45) is 0 Å². The first-order valence-electron chi connectivity index (χ1n) is 10.6. The highest BCUT2D eigenvalue weighted by atomic mass is 14.8.